The summed E-state index contributed by atoms with van der Waals surface area (Å²) >= 11 is 0. The highest BCUT2D eigenvalue weighted by Gasteiger charge is 2.06. The molecule has 0 atom stereocenters. The largest absolute Gasteiger partial charge is 0.417 e. The zero-order chi connectivity index (χ0) is 13.8. The third-order valence-corrected chi connectivity index (χ3v) is 3.01. The van der Waals surface area contributed by atoms with Gasteiger partial charge in [-0.25, -0.2) is 0 Å². The van der Waals surface area contributed by atoms with Gasteiger partial charge < -0.3 is 14.5 Å². The van der Waals surface area contributed by atoms with Gasteiger partial charge in [0.25, 0.3) is 0 Å². The second-order valence-corrected chi connectivity index (χ2v) is 4.50. The Kier molecular flexibility index (Phi) is 3.65. The van der Waals surface area contributed by atoms with Gasteiger partial charge in [0.05, 0.1) is 5.69 Å². The van der Waals surface area contributed by atoms with Gasteiger partial charge in [0.1, 0.15) is 12.0 Å². The van der Waals surface area contributed by atoms with Crippen LogP contribution >= 0.6 is 0 Å². The van der Waals surface area contributed by atoms with Crippen LogP contribution in [0.15, 0.2) is 53.1 Å². The monoisotopic (exact) mass is 268 g/mol. The van der Waals surface area contributed by atoms with Crippen molar-refractivity contribution in [3.63, 3.8) is 0 Å². The molecular weight excluding hydrogens is 252 g/mol. The molecule has 1 heterocycles. The average molecular weight is 268 g/mol. The molecule has 0 aliphatic rings. The van der Waals surface area contributed by atoms with E-state index >= 15 is 0 Å². The standard InChI is InChI=1S/C16H16N2O2/c1-2-17-10-14-11-19-16(18-14)20-15-8-7-12-5-3-4-6-13(12)9-15/h3-9,11,17H,2,10H2,1H3. The van der Waals surface area contributed by atoms with E-state index in [2.05, 4.69) is 16.4 Å². The van der Waals surface area contributed by atoms with Crippen LogP contribution in [0.25, 0.3) is 10.8 Å². The summed E-state index contributed by atoms with van der Waals surface area (Å²) < 4.78 is 10.9. The Morgan fingerprint density at radius 2 is 2.00 bits per heavy atom. The van der Waals surface area contributed by atoms with Crippen molar-refractivity contribution in [1.82, 2.24) is 10.3 Å². The lowest BCUT2D eigenvalue weighted by Gasteiger charge is -2.02. The maximum absolute atomic E-state index is 5.64. The van der Waals surface area contributed by atoms with Crippen molar-refractivity contribution >= 4 is 10.8 Å². The molecule has 4 heteroatoms. The molecule has 1 aromatic heterocycles. The molecular formula is C16H16N2O2. The zero-order valence-electron chi connectivity index (χ0n) is 11.3. The van der Waals surface area contributed by atoms with Crippen LogP contribution < -0.4 is 10.1 Å². The van der Waals surface area contributed by atoms with Crippen LogP contribution in [-0.2, 0) is 6.54 Å². The fraction of sp³-hybridized carbons (Fsp3) is 0.188. The van der Waals surface area contributed by atoms with Gasteiger partial charge in [-0.3, -0.25) is 0 Å². The molecule has 0 aliphatic heterocycles. The maximum atomic E-state index is 5.64. The molecule has 3 aromatic rings. The highest BCUT2D eigenvalue weighted by molar-refractivity contribution is 5.83. The summed E-state index contributed by atoms with van der Waals surface area (Å²) in [4.78, 5) is 4.27. The molecule has 0 spiro atoms. The van der Waals surface area contributed by atoms with E-state index in [-0.39, 0.29) is 6.08 Å². The molecule has 20 heavy (non-hydrogen) atoms. The van der Waals surface area contributed by atoms with E-state index in [1.807, 2.05) is 43.3 Å². The van der Waals surface area contributed by atoms with Crippen molar-refractivity contribution in [2.24, 2.45) is 0 Å². The van der Waals surface area contributed by atoms with Crippen molar-refractivity contribution in [2.75, 3.05) is 6.54 Å². The number of hydrogen-bond donors (Lipinski definition) is 1. The van der Waals surface area contributed by atoms with Crippen LogP contribution in [0.2, 0.25) is 0 Å². The van der Waals surface area contributed by atoms with Crippen LogP contribution in [0, 0.1) is 0 Å². The second-order valence-electron chi connectivity index (χ2n) is 4.50. The van der Waals surface area contributed by atoms with E-state index in [0.29, 0.717) is 6.54 Å². The van der Waals surface area contributed by atoms with E-state index in [1.165, 1.54) is 5.39 Å². The smallest absolute Gasteiger partial charge is 0.399 e. The fourth-order valence-electron chi connectivity index (χ4n) is 2.00. The second kappa shape index (κ2) is 5.75. The van der Waals surface area contributed by atoms with E-state index in [4.69, 9.17) is 9.15 Å². The summed E-state index contributed by atoms with van der Waals surface area (Å²) in [5.74, 6) is 0.723. The molecule has 0 fully saturated rings. The third kappa shape index (κ3) is 2.81. The summed E-state index contributed by atoms with van der Waals surface area (Å²) in [6.45, 7) is 3.63. The van der Waals surface area contributed by atoms with Crippen LogP contribution in [0.3, 0.4) is 0 Å². The van der Waals surface area contributed by atoms with Gasteiger partial charge in [0.15, 0.2) is 0 Å². The van der Waals surface area contributed by atoms with Crippen molar-refractivity contribution in [3.05, 3.63) is 54.4 Å². The Balaban J connectivity index is 1.76. The SMILES string of the molecule is CCNCc1coc(Oc2ccc3ccccc3c2)n1. The first kappa shape index (κ1) is 12.7. The minimum Gasteiger partial charge on any atom is -0.417 e. The number of aromatic nitrogens is 1. The Hall–Kier alpha value is -2.33. The zero-order valence-corrected chi connectivity index (χ0v) is 11.3. The van der Waals surface area contributed by atoms with Crippen LogP contribution in [-0.4, -0.2) is 11.5 Å². The minimum atomic E-state index is 0.271. The predicted octanol–water partition coefficient (Wildman–Crippen LogP) is 3.73. The normalized spacial score (nSPS) is 10.8. The number of rotatable bonds is 5. The van der Waals surface area contributed by atoms with Crippen molar-refractivity contribution in [1.29, 1.82) is 0 Å². The Labute approximate surface area is 117 Å². The van der Waals surface area contributed by atoms with Crippen LogP contribution in [0.4, 0.5) is 0 Å². The number of hydrogen-bond acceptors (Lipinski definition) is 4. The van der Waals surface area contributed by atoms with Crippen molar-refractivity contribution in [3.8, 4) is 11.8 Å². The van der Waals surface area contributed by atoms with Crippen LogP contribution in [0.1, 0.15) is 12.6 Å². The van der Waals surface area contributed by atoms with E-state index < -0.39 is 0 Å². The first-order valence-electron chi connectivity index (χ1n) is 6.67. The third-order valence-electron chi connectivity index (χ3n) is 3.01. The van der Waals surface area contributed by atoms with Crippen molar-refractivity contribution < 1.29 is 9.15 Å². The first-order chi connectivity index (χ1) is 9.85. The number of nitrogens with zero attached hydrogens (tertiary/aromatic N) is 1. The number of ether oxygens (including phenoxy) is 1. The van der Waals surface area contributed by atoms with Gasteiger partial charge in [-0.15, -0.1) is 0 Å². The van der Waals surface area contributed by atoms with Gasteiger partial charge in [0.2, 0.25) is 0 Å². The molecule has 4 nitrogen and oxygen atoms in total. The summed E-state index contributed by atoms with van der Waals surface area (Å²) in [5.41, 5.74) is 0.836. The summed E-state index contributed by atoms with van der Waals surface area (Å²) in [5, 5.41) is 5.50. The molecule has 0 aliphatic carbocycles. The van der Waals surface area contributed by atoms with Gasteiger partial charge >= 0.3 is 6.08 Å². The number of oxazole rings is 1. The fourth-order valence-corrected chi connectivity index (χ4v) is 2.00. The summed E-state index contributed by atoms with van der Waals surface area (Å²) in [6.07, 6.45) is 1.88. The quantitative estimate of drug-likeness (QED) is 0.766. The minimum absolute atomic E-state index is 0.271. The van der Waals surface area contributed by atoms with E-state index in [1.54, 1.807) is 6.26 Å². The highest BCUT2D eigenvalue weighted by atomic mass is 16.6. The van der Waals surface area contributed by atoms with E-state index in [9.17, 15) is 0 Å². The molecule has 0 unspecified atom stereocenters. The topological polar surface area (TPSA) is 47.3 Å². The summed E-state index contributed by atoms with van der Waals surface area (Å²) in [6, 6.07) is 14.1. The van der Waals surface area contributed by atoms with Gasteiger partial charge in [-0.1, -0.05) is 37.3 Å². The Bertz CT molecular complexity index is 706. The number of benzene rings is 2. The van der Waals surface area contributed by atoms with E-state index in [0.717, 1.165) is 23.4 Å². The Morgan fingerprint density at radius 3 is 2.85 bits per heavy atom. The molecule has 0 bridgehead atoms. The molecule has 3 rings (SSSR count). The molecule has 2 aromatic carbocycles. The van der Waals surface area contributed by atoms with Gasteiger partial charge in [-0.2, -0.15) is 4.98 Å². The van der Waals surface area contributed by atoms with Gasteiger partial charge in [0, 0.05) is 6.54 Å². The Morgan fingerprint density at radius 1 is 1.15 bits per heavy atom. The summed E-state index contributed by atoms with van der Waals surface area (Å²) in [7, 11) is 0. The lowest BCUT2D eigenvalue weighted by Crippen LogP contribution is -2.11. The molecule has 0 amide bonds. The molecule has 0 saturated carbocycles. The number of nitrogens with one attached hydrogen (secondary N) is 1. The van der Waals surface area contributed by atoms with Crippen LogP contribution in [0.5, 0.6) is 11.8 Å². The predicted molar refractivity (Wildman–Crippen MR) is 77.9 cm³/mol. The highest BCUT2D eigenvalue weighted by Crippen LogP contribution is 2.25. The number of fused-ring (bicyclic) bond motifs is 1. The average Bonchev–Trinajstić information content (AvgIpc) is 2.92. The molecule has 102 valence electrons. The first-order valence-corrected chi connectivity index (χ1v) is 6.67. The maximum Gasteiger partial charge on any atom is 0.399 e. The van der Waals surface area contributed by atoms with Gasteiger partial charge in [-0.05, 0) is 29.4 Å². The lowest BCUT2D eigenvalue weighted by atomic mass is 10.1. The molecule has 1 N–H and O–H groups in total. The van der Waals surface area contributed by atoms with Crippen molar-refractivity contribution in [2.45, 2.75) is 13.5 Å². The molecule has 0 radical (unpaired) electrons. The lowest BCUT2D eigenvalue weighted by molar-refractivity contribution is 0.331. The molecule has 0 saturated heterocycles.